The zero-order valence-electron chi connectivity index (χ0n) is 7.00. The van der Waals surface area contributed by atoms with E-state index in [-0.39, 0.29) is 0 Å². The molecular weight excluding hydrogens is 265 g/mol. The van der Waals surface area contributed by atoms with Gasteiger partial charge in [0.05, 0.1) is 5.71 Å². The van der Waals surface area contributed by atoms with Crippen LogP contribution in [0.15, 0.2) is 23.4 Å². The molecule has 0 saturated carbocycles. The second-order valence-corrected chi connectivity index (χ2v) is 3.81. The highest BCUT2D eigenvalue weighted by Crippen LogP contribution is 2.13. The number of halogens is 1. The molecule has 1 aromatic rings. The predicted octanol–water partition coefficient (Wildman–Crippen LogP) is 2.80. The summed E-state index contributed by atoms with van der Waals surface area (Å²) in [4.78, 5) is 0. The minimum atomic E-state index is 0.646. The van der Waals surface area contributed by atoms with Crippen LogP contribution in [0.3, 0.4) is 0 Å². The molecule has 1 aromatic carbocycles. The highest BCUT2D eigenvalue weighted by Gasteiger charge is 1.99. The third-order valence-electron chi connectivity index (χ3n) is 1.74. The van der Waals surface area contributed by atoms with Crippen LogP contribution in [0.5, 0.6) is 0 Å². The van der Waals surface area contributed by atoms with E-state index >= 15 is 0 Å². The van der Waals surface area contributed by atoms with Crippen LogP contribution >= 0.6 is 22.6 Å². The Hall–Kier alpha value is -0.580. The first-order chi connectivity index (χ1) is 5.65. The van der Waals surface area contributed by atoms with Gasteiger partial charge < -0.3 is 5.21 Å². The molecule has 0 aliphatic heterocycles. The maximum absolute atomic E-state index is 8.53. The molecule has 0 fully saturated rings. The molecule has 0 heterocycles. The Morgan fingerprint density at radius 2 is 2.17 bits per heavy atom. The van der Waals surface area contributed by atoms with Crippen molar-refractivity contribution in [3.05, 3.63) is 32.9 Å². The molecule has 12 heavy (non-hydrogen) atoms. The second kappa shape index (κ2) is 3.89. The summed E-state index contributed by atoms with van der Waals surface area (Å²) in [5.74, 6) is 0. The second-order valence-electron chi connectivity index (χ2n) is 2.65. The van der Waals surface area contributed by atoms with E-state index in [1.165, 1.54) is 9.13 Å². The topological polar surface area (TPSA) is 32.6 Å². The Bertz CT molecular complexity index is 320. The summed E-state index contributed by atoms with van der Waals surface area (Å²) in [5.41, 5.74) is 2.85. The minimum absolute atomic E-state index is 0.646. The maximum atomic E-state index is 8.53. The van der Waals surface area contributed by atoms with Crippen LogP contribution in [0, 0.1) is 10.5 Å². The molecule has 0 amide bonds. The lowest BCUT2D eigenvalue weighted by Crippen LogP contribution is -1.95. The Morgan fingerprint density at radius 3 is 2.67 bits per heavy atom. The highest BCUT2D eigenvalue weighted by molar-refractivity contribution is 14.1. The lowest BCUT2D eigenvalue weighted by Gasteiger charge is -2.01. The van der Waals surface area contributed by atoms with E-state index in [1.807, 2.05) is 18.2 Å². The monoisotopic (exact) mass is 275 g/mol. The standard InChI is InChI=1S/C9H10INO/c1-6-3-4-8(5-9(6)10)7(2)11-12/h3-5,12H,1-2H3. The molecule has 64 valence electrons. The van der Waals surface area contributed by atoms with E-state index in [0.717, 1.165) is 5.56 Å². The number of hydrogen-bond acceptors (Lipinski definition) is 2. The van der Waals surface area contributed by atoms with Gasteiger partial charge in [0.1, 0.15) is 0 Å². The van der Waals surface area contributed by atoms with Crippen LogP contribution in [-0.2, 0) is 0 Å². The van der Waals surface area contributed by atoms with Gasteiger partial charge in [-0.05, 0) is 48.1 Å². The van der Waals surface area contributed by atoms with Gasteiger partial charge in [0.2, 0.25) is 0 Å². The van der Waals surface area contributed by atoms with Gasteiger partial charge in [-0.25, -0.2) is 0 Å². The molecule has 0 bridgehead atoms. The molecule has 0 spiro atoms. The highest BCUT2D eigenvalue weighted by atomic mass is 127. The lowest BCUT2D eigenvalue weighted by molar-refractivity contribution is 0.319. The van der Waals surface area contributed by atoms with E-state index in [9.17, 15) is 0 Å². The summed E-state index contributed by atoms with van der Waals surface area (Å²) < 4.78 is 1.19. The first kappa shape index (κ1) is 9.51. The van der Waals surface area contributed by atoms with Gasteiger partial charge in [-0.15, -0.1) is 0 Å². The summed E-state index contributed by atoms with van der Waals surface area (Å²) in [6.45, 7) is 3.83. The molecule has 0 radical (unpaired) electrons. The quantitative estimate of drug-likeness (QED) is 0.363. The van der Waals surface area contributed by atoms with Crippen molar-refractivity contribution in [2.75, 3.05) is 0 Å². The molecule has 0 unspecified atom stereocenters. The van der Waals surface area contributed by atoms with E-state index in [4.69, 9.17) is 5.21 Å². The van der Waals surface area contributed by atoms with Crippen molar-refractivity contribution < 1.29 is 5.21 Å². The normalized spacial score (nSPS) is 11.8. The smallest absolute Gasteiger partial charge is 0.0837 e. The number of aryl methyl sites for hydroxylation is 1. The average molecular weight is 275 g/mol. The first-order valence-corrected chi connectivity index (χ1v) is 4.68. The Balaban J connectivity index is 3.13. The number of oxime groups is 1. The fourth-order valence-corrected chi connectivity index (χ4v) is 1.39. The van der Waals surface area contributed by atoms with Crippen LogP contribution in [0.2, 0.25) is 0 Å². The largest absolute Gasteiger partial charge is 0.411 e. The molecule has 0 aromatic heterocycles. The van der Waals surface area contributed by atoms with Gasteiger partial charge in [-0.3, -0.25) is 0 Å². The molecule has 3 heteroatoms. The van der Waals surface area contributed by atoms with E-state index in [2.05, 4.69) is 34.7 Å². The van der Waals surface area contributed by atoms with Crippen molar-refractivity contribution in [2.24, 2.45) is 5.16 Å². The Morgan fingerprint density at radius 1 is 1.50 bits per heavy atom. The predicted molar refractivity (Wildman–Crippen MR) is 57.9 cm³/mol. The fraction of sp³-hybridized carbons (Fsp3) is 0.222. The summed E-state index contributed by atoms with van der Waals surface area (Å²) in [5, 5.41) is 11.7. The third-order valence-corrected chi connectivity index (χ3v) is 2.90. The van der Waals surface area contributed by atoms with Crippen molar-refractivity contribution in [3.8, 4) is 0 Å². The maximum Gasteiger partial charge on any atom is 0.0837 e. The third kappa shape index (κ3) is 1.97. The number of nitrogens with zero attached hydrogens (tertiary/aromatic N) is 1. The SMILES string of the molecule is CC(=NO)c1ccc(C)c(I)c1. The minimum Gasteiger partial charge on any atom is -0.411 e. The molecule has 1 rings (SSSR count). The summed E-state index contributed by atoms with van der Waals surface area (Å²) in [6.07, 6.45) is 0. The van der Waals surface area contributed by atoms with Crippen LogP contribution in [0.4, 0.5) is 0 Å². The Labute approximate surface area is 85.4 Å². The first-order valence-electron chi connectivity index (χ1n) is 3.60. The molecule has 2 nitrogen and oxygen atoms in total. The van der Waals surface area contributed by atoms with Gasteiger partial charge in [-0.2, -0.15) is 0 Å². The van der Waals surface area contributed by atoms with E-state index < -0.39 is 0 Å². The van der Waals surface area contributed by atoms with Crippen LogP contribution < -0.4 is 0 Å². The van der Waals surface area contributed by atoms with Gasteiger partial charge in [-0.1, -0.05) is 17.3 Å². The zero-order valence-corrected chi connectivity index (χ0v) is 9.16. The van der Waals surface area contributed by atoms with Crippen LogP contribution in [0.1, 0.15) is 18.1 Å². The van der Waals surface area contributed by atoms with Crippen molar-refractivity contribution in [2.45, 2.75) is 13.8 Å². The molecule has 0 atom stereocenters. The number of rotatable bonds is 1. The summed E-state index contributed by atoms with van der Waals surface area (Å²) in [7, 11) is 0. The Kier molecular flexibility index (Phi) is 3.08. The van der Waals surface area contributed by atoms with Gasteiger partial charge in [0.15, 0.2) is 0 Å². The van der Waals surface area contributed by atoms with Crippen molar-refractivity contribution >= 4 is 28.3 Å². The fourth-order valence-electron chi connectivity index (χ4n) is 0.876. The van der Waals surface area contributed by atoms with E-state index in [0.29, 0.717) is 5.71 Å². The molecule has 0 aliphatic rings. The van der Waals surface area contributed by atoms with Gasteiger partial charge in [0, 0.05) is 9.13 Å². The molecule has 0 aliphatic carbocycles. The van der Waals surface area contributed by atoms with Crippen molar-refractivity contribution in [3.63, 3.8) is 0 Å². The molecular formula is C9H10INO. The summed E-state index contributed by atoms with van der Waals surface area (Å²) in [6, 6.07) is 5.98. The van der Waals surface area contributed by atoms with Crippen molar-refractivity contribution in [1.82, 2.24) is 0 Å². The number of hydrogen-bond donors (Lipinski definition) is 1. The van der Waals surface area contributed by atoms with Gasteiger partial charge in [0.25, 0.3) is 0 Å². The average Bonchev–Trinajstić information content (AvgIpc) is 2.08. The van der Waals surface area contributed by atoms with Crippen LogP contribution in [0.25, 0.3) is 0 Å². The van der Waals surface area contributed by atoms with E-state index in [1.54, 1.807) is 6.92 Å². The van der Waals surface area contributed by atoms with Crippen LogP contribution in [-0.4, -0.2) is 10.9 Å². The molecule has 0 saturated heterocycles. The summed E-state index contributed by atoms with van der Waals surface area (Å²) >= 11 is 2.26. The molecule has 1 N–H and O–H groups in total. The zero-order chi connectivity index (χ0) is 9.14. The lowest BCUT2D eigenvalue weighted by atomic mass is 10.1. The van der Waals surface area contributed by atoms with Gasteiger partial charge >= 0.3 is 0 Å². The van der Waals surface area contributed by atoms with Crippen molar-refractivity contribution in [1.29, 1.82) is 0 Å². The number of benzene rings is 1.